The zero-order valence-electron chi connectivity index (χ0n) is 13.6. The van der Waals surface area contributed by atoms with Crippen molar-refractivity contribution in [3.05, 3.63) is 70.8 Å². The summed E-state index contributed by atoms with van der Waals surface area (Å²) in [6, 6.07) is 15.8. The van der Waals surface area contributed by atoms with Crippen molar-refractivity contribution >= 4 is 23.1 Å². The van der Waals surface area contributed by atoms with Crippen molar-refractivity contribution in [2.45, 2.75) is 30.0 Å². The predicted octanol–water partition coefficient (Wildman–Crippen LogP) is 3.59. The van der Waals surface area contributed by atoms with Crippen LogP contribution in [0.3, 0.4) is 0 Å². The summed E-state index contributed by atoms with van der Waals surface area (Å²) >= 11 is 1.92. The van der Waals surface area contributed by atoms with Gasteiger partial charge in [-0.15, -0.1) is 11.8 Å². The van der Waals surface area contributed by atoms with Gasteiger partial charge in [0.15, 0.2) is 0 Å². The molecule has 0 N–H and O–H groups in total. The number of benzene rings is 1. The number of pyridine rings is 1. The van der Waals surface area contributed by atoms with E-state index in [9.17, 15) is 4.79 Å². The van der Waals surface area contributed by atoms with Crippen molar-refractivity contribution in [2.24, 2.45) is 0 Å². The van der Waals surface area contributed by atoms with Crippen molar-refractivity contribution in [1.29, 1.82) is 0 Å². The highest BCUT2D eigenvalue weighted by molar-refractivity contribution is 8.00. The summed E-state index contributed by atoms with van der Waals surface area (Å²) in [4.78, 5) is 20.6. The number of fused-ring (bicyclic) bond motifs is 2. The number of hydrogen-bond donors (Lipinski definition) is 0. The number of para-hydroxylation sites is 1. The van der Waals surface area contributed by atoms with Crippen LogP contribution in [0.2, 0.25) is 0 Å². The van der Waals surface area contributed by atoms with Crippen LogP contribution < -0.4 is 10.5 Å². The molecule has 3 aromatic rings. The van der Waals surface area contributed by atoms with Crippen LogP contribution in [0.4, 0.5) is 5.69 Å². The van der Waals surface area contributed by atoms with Crippen LogP contribution in [0.15, 0.2) is 64.4 Å². The Morgan fingerprint density at radius 1 is 1.21 bits per heavy atom. The van der Waals surface area contributed by atoms with E-state index in [1.807, 2.05) is 30.0 Å². The molecule has 122 valence electrons. The number of nitrogens with zero attached hydrogens (tertiary/aromatic N) is 3. The standard InChI is InChI=1S/C19H19N3OS/c1-14-9-11-21(16-6-2-3-7-17(16)24-14)13-15-12-19(23)22-10-5-4-8-18(22)20-15/h2-8,10,12,14H,9,11,13H2,1H3/t14-/m0/s1. The van der Waals surface area contributed by atoms with Crippen LogP contribution in [0, 0.1) is 0 Å². The van der Waals surface area contributed by atoms with E-state index < -0.39 is 0 Å². The molecule has 1 aliphatic heterocycles. The van der Waals surface area contributed by atoms with Gasteiger partial charge in [0.1, 0.15) is 5.65 Å². The van der Waals surface area contributed by atoms with Crippen LogP contribution in [0.1, 0.15) is 19.0 Å². The van der Waals surface area contributed by atoms with Gasteiger partial charge in [-0.2, -0.15) is 0 Å². The van der Waals surface area contributed by atoms with Crippen molar-refractivity contribution < 1.29 is 0 Å². The van der Waals surface area contributed by atoms with E-state index >= 15 is 0 Å². The highest BCUT2D eigenvalue weighted by atomic mass is 32.2. The molecule has 0 spiro atoms. The van der Waals surface area contributed by atoms with Crippen molar-refractivity contribution in [1.82, 2.24) is 9.38 Å². The van der Waals surface area contributed by atoms with E-state index in [-0.39, 0.29) is 5.56 Å². The van der Waals surface area contributed by atoms with E-state index in [1.54, 1.807) is 16.7 Å². The normalized spacial score (nSPS) is 17.5. The summed E-state index contributed by atoms with van der Waals surface area (Å²) in [5.41, 5.74) is 2.73. The van der Waals surface area contributed by atoms with Crippen LogP contribution in [-0.2, 0) is 6.54 Å². The minimum absolute atomic E-state index is 0.0264. The van der Waals surface area contributed by atoms with Gasteiger partial charge < -0.3 is 4.90 Å². The Morgan fingerprint density at radius 3 is 2.96 bits per heavy atom. The van der Waals surface area contributed by atoms with Crippen LogP contribution >= 0.6 is 11.8 Å². The summed E-state index contributed by atoms with van der Waals surface area (Å²) in [6.07, 6.45) is 2.87. The predicted molar refractivity (Wildman–Crippen MR) is 98.9 cm³/mol. The van der Waals surface area contributed by atoms with E-state index in [4.69, 9.17) is 0 Å². The molecule has 0 aliphatic carbocycles. The third-order valence-electron chi connectivity index (χ3n) is 4.32. The second kappa shape index (κ2) is 6.32. The van der Waals surface area contributed by atoms with Gasteiger partial charge in [0, 0.05) is 29.0 Å². The fraction of sp³-hybridized carbons (Fsp3) is 0.263. The van der Waals surface area contributed by atoms with Crippen LogP contribution in [0.5, 0.6) is 0 Å². The van der Waals surface area contributed by atoms with Crippen LogP contribution in [-0.4, -0.2) is 21.2 Å². The van der Waals surface area contributed by atoms with Crippen molar-refractivity contribution in [2.75, 3.05) is 11.4 Å². The third kappa shape index (κ3) is 2.91. The van der Waals surface area contributed by atoms with Crippen LogP contribution in [0.25, 0.3) is 5.65 Å². The maximum Gasteiger partial charge on any atom is 0.258 e. The Bertz CT molecular complexity index is 937. The lowest BCUT2D eigenvalue weighted by Crippen LogP contribution is -2.26. The fourth-order valence-electron chi connectivity index (χ4n) is 3.10. The van der Waals surface area contributed by atoms with Gasteiger partial charge >= 0.3 is 0 Å². The number of hydrogen-bond acceptors (Lipinski definition) is 4. The average molecular weight is 337 g/mol. The minimum atomic E-state index is -0.0264. The van der Waals surface area contributed by atoms with E-state index in [0.717, 1.165) is 18.7 Å². The van der Waals surface area contributed by atoms with Gasteiger partial charge in [-0.25, -0.2) is 4.98 Å². The zero-order chi connectivity index (χ0) is 16.5. The summed E-state index contributed by atoms with van der Waals surface area (Å²) < 4.78 is 1.58. The maximum absolute atomic E-state index is 12.3. The third-order valence-corrected chi connectivity index (χ3v) is 5.55. The lowest BCUT2D eigenvalue weighted by Gasteiger charge is -2.24. The molecule has 24 heavy (non-hydrogen) atoms. The number of thioether (sulfide) groups is 1. The molecule has 1 aromatic carbocycles. The molecule has 4 rings (SSSR count). The quantitative estimate of drug-likeness (QED) is 0.716. The number of rotatable bonds is 2. The largest absolute Gasteiger partial charge is 0.365 e. The molecular weight excluding hydrogens is 318 g/mol. The second-order valence-corrected chi connectivity index (χ2v) is 7.60. The topological polar surface area (TPSA) is 37.6 Å². The van der Waals surface area contributed by atoms with Crippen molar-refractivity contribution in [3.8, 4) is 0 Å². The highest BCUT2D eigenvalue weighted by Gasteiger charge is 2.20. The average Bonchev–Trinajstić information content (AvgIpc) is 2.74. The Morgan fingerprint density at radius 2 is 2.04 bits per heavy atom. The fourth-order valence-corrected chi connectivity index (χ4v) is 4.23. The lowest BCUT2D eigenvalue weighted by molar-refractivity contribution is 0.719. The van der Waals surface area contributed by atoms with Crippen molar-refractivity contribution in [3.63, 3.8) is 0 Å². The molecule has 2 aromatic heterocycles. The molecule has 4 nitrogen and oxygen atoms in total. The molecule has 0 fully saturated rings. The maximum atomic E-state index is 12.3. The van der Waals surface area contributed by atoms with Gasteiger partial charge in [-0.1, -0.05) is 25.1 Å². The van der Waals surface area contributed by atoms with Gasteiger partial charge in [0.05, 0.1) is 17.9 Å². The Labute approximate surface area is 145 Å². The second-order valence-electron chi connectivity index (χ2n) is 6.12. The van der Waals surface area contributed by atoms with E-state index in [0.29, 0.717) is 17.4 Å². The molecule has 1 atom stereocenters. The van der Waals surface area contributed by atoms with E-state index in [2.05, 4.69) is 41.1 Å². The van der Waals surface area contributed by atoms with E-state index in [1.165, 1.54) is 10.6 Å². The Kier molecular flexibility index (Phi) is 4.02. The molecular formula is C19H19N3OS. The lowest BCUT2D eigenvalue weighted by atomic mass is 10.2. The molecule has 0 saturated carbocycles. The smallest absolute Gasteiger partial charge is 0.258 e. The summed E-state index contributed by atoms with van der Waals surface area (Å²) in [7, 11) is 0. The van der Waals surface area contributed by atoms with Gasteiger partial charge in [-0.05, 0) is 30.7 Å². The molecule has 1 aliphatic rings. The molecule has 0 unspecified atom stereocenters. The first kappa shape index (κ1) is 15.3. The summed E-state index contributed by atoms with van der Waals surface area (Å²) in [6.45, 7) is 3.90. The molecule has 3 heterocycles. The van der Waals surface area contributed by atoms with Gasteiger partial charge in [0.25, 0.3) is 5.56 Å². The first-order chi connectivity index (χ1) is 11.7. The summed E-state index contributed by atoms with van der Waals surface area (Å²) in [5, 5.41) is 0.589. The molecule has 0 radical (unpaired) electrons. The Balaban J connectivity index is 1.71. The molecule has 0 amide bonds. The molecule has 0 saturated heterocycles. The number of aromatic nitrogens is 2. The summed E-state index contributed by atoms with van der Waals surface area (Å²) in [5.74, 6) is 0. The number of anilines is 1. The monoisotopic (exact) mass is 337 g/mol. The van der Waals surface area contributed by atoms with Gasteiger partial charge in [0.2, 0.25) is 0 Å². The first-order valence-electron chi connectivity index (χ1n) is 8.19. The van der Waals surface area contributed by atoms with Gasteiger partial charge in [-0.3, -0.25) is 9.20 Å². The molecule has 0 bridgehead atoms. The zero-order valence-corrected chi connectivity index (χ0v) is 14.4. The minimum Gasteiger partial charge on any atom is -0.365 e. The molecule has 5 heteroatoms. The SMILES string of the molecule is C[C@H]1CCN(Cc2cc(=O)n3ccccc3n2)c2ccccc2S1. The first-order valence-corrected chi connectivity index (χ1v) is 9.06. The highest BCUT2D eigenvalue weighted by Crippen LogP contribution is 2.37. The Hall–Kier alpha value is -2.27.